The van der Waals surface area contributed by atoms with Gasteiger partial charge in [0.25, 0.3) is 0 Å². The van der Waals surface area contributed by atoms with Gasteiger partial charge < -0.3 is 24.1 Å². The quantitative estimate of drug-likeness (QED) is 0.646. The van der Waals surface area contributed by atoms with Crippen LogP contribution >= 0.6 is 0 Å². The summed E-state index contributed by atoms with van der Waals surface area (Å²) in [4.78, 5) is 11.0. The largest absolute Gasteiger partial charge is 0.481 e. The van der Waals surface area contributed by atoms with Crippen LogP contribution in [0.3, 0.4) is 0 Å². The van der Waals surface area contributed by atoms with Crippen molar-refractivity contribution in [2.24, 2.45) is 11.3 Å². The summed E-state index contributed by atoms with van der Waals surface area (Å²) in [5.74, 6) is -2.04. The molecule has 0 aromatic rings. The molecule has 6 heteroatoms. The Morgan fingerprint density at radius 1 is 1.11 bits per heavy atom. The van der Waals surface area contributed by atoms with E-state index in [2.05, 4.69) is 41.5 Å². The summed E-state index contributed by atoms with van der Waals surface area (Å²) < 4.78 is 24.6. The normalized spacial score (nSPS) is 35.7. The van der Waals surface area contributed by atoms with Crippen molar-refractivity contribution >= 4 is 5.97 Å². The van der Waals surface area contributed by atoms with E-state index in [0.29, 0.717) is 13.0 Å². The van der Waals surface area contributed by atoms with Crippen LogP contribution in [0.5, 0.6) is 0 Å². The summed E-state index contributed by atoms with van der Waals surface area (Å²) in [5.41, 5.74) is -0.331. The van der Waals surface area contributed by atoms with E-state index in [4.69, 9.17) is 24.1 Å². The third kappa shape index (κ3) is 6.15. The predicted molar refractivity (Wildman–Crippen MR) is 109 cm³/mol. The molecule has 0 spiro atoms. The van der Waals surface area contributed by atoms with Gasteiger partial charge in [0.1, 0.15) is 0 Å². The van der Waals surface area contributed by atoms with Gasteiger partial charge in [0.2, 0.25) is 0 Å². The molecule has 2 saturated heterocycles. The number of carboxylic acids is 1. The second-order valence-electron chi connectivity index (χ2n) is 9.33. The molecule has 0 aromatic heterocycles. The molecular formula is C22H42O6. The number of carbonyl (C=O) groups is 1. The zero-order valence-electron chi connectivity index (χ0n) is 19.3. The maximum atomic E-state index is 11.0. The van der Waals surface area contributed by atoms with Crippen molar-refractivity contribution in [3.05, 3.63) is 0 Å². The Morgan fingerprint density at radius 2 is 1.68 bits per heavy atom. The van der Waals surface area contributed by atoms with Crippen LogP contribution in [0.15, 0.2) is 0 Å². The van der Waals surface area contributed by atoms with Crippen LogP contribution in [0.25, 0.3) is 0 Å². The highest BCUT2D eigenvalue weighted by atomic mass is 16.8. The van der Waals surface area contributed by atoms with Gasteiger partial charge in [-0.15, -0.1) is 0 Å². The van der Waals surface area contributed by atoms with E-state index in [9.17, 15) is 4.79 Å². The van der Waals surface area contributed by atoms with Gasteiger partial charge in [-0.2, -0.15) is 0 Å². The SMILES string of the molecule is CCC.CCC1(C)OCC(C(C)(C)C2OC(C)(CCC(=O)O)OC2C(C)C)O1. The van der Waals surface area contributed by atoms with E-state index in [0.717, 1.165) is 6.42 Å². The molecule has 5 unspecified atom stereocenters. The fraction of sp³-hybridized carbons (Fsp3) is 0.955. The Labute approximate surface area is 171 Å². The maximum Gasteiger partial charge on any atom is 0.303 e. The third-order valence-corrected chi connectivity index (χ3v) is 5.65. The van der Waals surface area contributed by atoms with Gasteiger partial charge >= 0.3 is 5.97 Å². The van der Waals surface area contributed by atoms with Crippen LogP contribution in [0, 0.1) is 11.3 Å². The summed E-state index contributed by atoms with van der Waals surface area (Å²) in [6.45, 7) is 19.1. The monoisotopic (exact) mass is 402 g/mol. The molecular weight excluding hydrogens is 360 g/mol. The number of carboxylic acid groups (broad SMARTS) is 1. The minimum Gasteiger partial charge on any atom is -0.481 e. The molecule has 0 bridgehead atoms. The Hall–Kier alpha value is -0.690. The van der Waals surface area contributed by atoms with E-state index in [-0.39, 0.29) is 36.1 Å². The molecule has 28 heavy (non-hydrogen) atoms. The Kier molecular flexibility index (Phi) is 8.94. The molecule has 0 radical (unpaired) electrons. The lowest BCUT2D eigenvalue weighted by molar-refractivity contribution is -0.197. The molecule has 2 fully saturated rings. The molecule has 0 amide bonds. The second kappa shape index (κ2) is 9.88. The Morgan fingerprint density at radius 3 is 2.11 bits per heavy atom. The Bertz CT molecular complexity index is 505. The number of rotatable bonds is 7. The summed E-state index contributed by atoms with van der Waals surface area (Å²) in [6.07, 6.45) is 1.96. The number of hydrogen-bond acceptors (Lipinski definition) is 5. The summed E-state index contributed by atoms with van der Waals surface area (Å²) in [7, 11) is 0. The third-order valence-electron chi connectivity index (χ3n) is 5.65. The zero-order valence-corrected chi connectivity index (χ0v) is 19.3. The van der Waals surface area contributed by atoms with Crippen LogP contribution in [0.2, 0.25) is 0 Å². The maximum absolute atomic E-state index is 11.0. The molecule has 0 aliphatic carbocycles. The summed E-state index contributed by atoms with van der Waals surface area (Å²) in [6, 6.07) is 0. The fourth-order valence-electron chi connectivity index (χ4n) is 3.58. The summed E-state index contributed by atoms with van der Waals surface area (Å²) in [5, 5.41) is 9.00. The standard InChI is InChI=1S/C19H34O6.C3H8/c1-8-18(6)22-11-13(23-18)17(4,5)16-15(12(2)3)24-19(7,25-16)10-9-14(20)21;1-3-2/h12-13,15-16H,8-11H2,1-7H3,(H,20,21);3H2,1-2H3. The molecule has 2 heterocycles. The van der Waals surface area contributed by atoms with Crippen molar-refractivity contribution in [1.29, 1.82) is 0 Å². The van der Waals surface area contributed by atoms with Gasteiger partial charge in [0, 0.05) is 11.8 Å². The van der Waals surface area contributed by atoms with Crippen molar-refractivity contribution in [3.8, 4) is 0 Å². The van der Waals surface area contributed by atoms with E-state index in [1.54, 1.807) is 0 Å². The number of hydrogen-bond donors (Lipinski definition) is 1. The Balaban J connectivity index is 0.00000122. The fourth-order valence-corrected chi connectivity index (χ4v) is 3.58. The van der Waals surface area contributed by atoms with E-state index < -0.39 is 17.5 Å². The summed E-state index contributed by atoms with van der Waals surface area (Å²) >= 11 is 0. The van der Waals surface area contributed by atoms with Crippen molar-refractivity contribution < 1.29 is 28.8 Å². The first-order valence-electron chi connectivity index (χ1n) is 10.7. The molecule has 1 N–H and O–H groups in total. The average Bonchev–Trinajstić information content (AvgIpc) is 3.17. The molecule has 166 valence electrons. The minimum atomic E-state index is -0.886. The van der Waals surface area contributed by atoms with Crippen LogP contribution in [0.1, 0.15) is 88.0 Å². The minimum absolute atomic E-state index is 0.0193. The highest BCUT2D eigenvalue weighted by Crippen LogP contribution is 2.47. The molecule has 5 atom stereocenters. The van der Waals surface area contributed by atoms with Crippen molar-refractivity contribution in [1.82, 2.24) is 0 Å². The molecule has 2 aliphatic heterocycles. The number of ether oxygens (including phenoxy) is 4. The highest BCUT2D eigenvalue weighted by molar-refractivity contribution is 5.66. The van der Waals surface area contributed by atoms with Crippen molar-refractivity contribution in [2.75, 3.05) is 6.61 Å². The molecule has 2 aliphatic rings. The van der Waals surface area contributed by atoms with Crippen LogP contribution < -0.4 is 0 Å². The van der Waals surface area contributed by atoms with Gasteiger partial charge in [-0.3, -0.25) is 4.79 Å². The number of aliphatic carboxylic acids is 1. The van der Waals surface area contributed by atoms with Gasteiger partial charge in [0.15, 0.2) is 11.6 Å². The molecule has 0 saturated carbocycles. The topological polar surface area (TPSA) is 74.2 Å². The second-order valence-corrected chi connectivity index (χ2v) is 9.33. The first-order chi connectivity index (χ1) is 12.8. The lowest BCUT2D eigenvalue weighted by atomic mass is 9.76. The van der Waals surface area contributed by atoms with E-state index in [1.807, 2.05) is 20.8 Å². The molecule has 0 aromatic carbocycles. The van der Waals surface area contributed by atoms with Gasteiger partial charge in [-0.25, -0.2) is 0 Å². The van der Waals surface area contributed by atoms with Crippen LogP contribution in [-0.4, -0.2) is 47.6 Å². The van der Waals surface area contributed by atoms with Crippen LogP contribution in [-0.2, 0) is 23.7 Å². The predicted octanol–water partition coefficient (Wildman–Crippen LogP) is 4.99. The van der Waals surface area contributed by atoms with Gasteiger partial charge in [0.05, 0.1) is 31.3 Å². The van der Waals surface area contributed by atoms with Gasteiger partial charge in [-0.1, -0.05) is 54.9 Å². The van der Waals surface area contributed by atoms with Gasteiger partial charge in [-0.05, 0) is 26.2 Å². The van der Waals surface area contributed by atoms with E-state index in [1.165, 1.54) is 6.42 Å². The lowest BCUT2D eigenvalue weighted by Crippen LogP contribution is -2.48. The van der Waals surface area contributed by atoms with Crippen LogP contribution in [0.4, 0.5) is 0 Å². The molecule has 2 rings (SSSR count). The molecule has 6 nitrogen and oxygen atoms in total. The highest BCUT2D eigenvalue weighted by Gasteiger charge is 2.56. The van der Waals surface area contributed by atoms with E-state index >= 15 is 0 Å². The zero-order chi connectivity index (χ0) is 21.8. The van der Waals surface area contributed by atoms with Crippen molar-refractivity contribution in [2.45, 2.75) is 118 Å². The first kappa shape index (κ1) is 25.3. The lowest BCUT2D eigenvalue weighted by Gasteiger charge is -2.39. The smallest absolute Gasteiger partial charge is 0.303 e. The first-order valence-corrected chi connectivity index (χ1v) is 10.7. The van der Waals surface area contributed by atoms with Crippen molar-refractivity contribution in [3.63, 3.8) is 0 Å². The average molecular weight is 403 g/mol.